The van der Waals surface area contributed by atoms with Crippen LogP contribution in [0.4, 0.5) is 5.69 Å². The number of hydrogen-bond acceptors (Lipinski definition) is 5. The largest absolute Gasteiger partial charge is 0.369 e. The first-order valence-electron chi connectivity index (χ1n) is 11.2. The highest BCUT2D eigenvalue weighted by Crippen LogP contribution is 2.36. The molecule has 0 N–H and O–H groups in total. The third-order valence-corrected chi connectivity index (χ3v) is 6.51. The Balaban J connectivity index is 1.33. The monoisotopic (exact) mass is 434 g/mol. The van der Waals surface area contributed by atoms with Crippen LogP contribution in [-0.2, 0) is 4.79 Å². The summed E-state index contributed by atoms with van der Waals surface area (Å²) in [6.45, 7) is 10.7. The summed E-state index contributed by atoms with van der Waals surface area (Å²) in [5, 5.41) is 0. The van der Waals surface area contributed by atoms with Gasteiger partial charge >= 0.3 is 5.91 Å². The van der Waals surface area contributed by atoms with Crippen molar-refractivity contribution in [2.75, 3.05) is 51.7 Å². The molecular formula is C26H32N3O3+. The number of piperazine rings is 1. The van der Waals surface area contributed by atoms with Crippen LogP contribution < -0.4 is 9.74 Å². The maximum atomic E-state index is 13.0. The molecule has 1 atom stereocenters. The van der Waals surface area contributed by atoms with Crippen LogP contribution in [0.1, 0.15) is 35.2 Å². The summed E-state index contributed by atoms with van der Waals surface area (Å²) >= 11 is 0. The van der Waals surface area contributed by atoms with E-state index in [1.54, 1.807) is 26.2 Å². The molecule has 2 aromatic rings. The minimum absolute atomic E-state index is 0.00616. The number of hydrogen-bond donors (Lipinski definition) is 0. The minimum atomic E-state index is -0.268. The van der Waals surface area contributed by atoms with Gasteiger partial charge in [0.15, 0.2) is 11.5 Å². The van der Waals surface area contributed by atoms with E-state index in [9.17, 15) is 9.59 Å². The molecular weight excluding hydrogens is 402 g/mol. The Bertz CT molecular complexity index is 1020. The van der Waals surface area contributed by atoms with E-state index in [-0.39, 0.29) is 22.3 Å². The first-order valence-corrected chi connectivity index (χ1v) is 11.2. The lowest BCUT2D eigenvalue weighted by atomic mass is 9.93. The fourth-order valence-corrected chi connectivity index (χ4v) is 4.48. The van der Waals surface area contributed by atoms with Gasteiger partial charge < -0.3 is 9.74 Å². The van der Waals surface area contributed by atoms with E-state index in [1.807, 2.05) is 19.1 Å². The van der Waals surface area contributed by atoms with E-state index >= 15 is 0 Å². The third-order valence-electron chi connectivity index (χ3n) is 6.51. The summed E-state index contributed by atoms with van der Waals surface area (Å²) in [5.74, 6) is 0.260. The summed E-state index contributed by atoms with van der Waals surface area (Å²) in [5.41, 5.74) is 3.25. The second-order valence-corrected chi connectivity index (χ2v) is 9.10. The smallest absolute Gasteiger partial charge is 0.361 e. The zero-order chi connectivity index (χ0) is 22.9. The molecule has 1 fully saturated rings. The van der Waals surface area contributed by atoms with E-state index in [2.05, 4.69) is 40.6 Å². The molecule has 0 radical (unpaired) electrons. The number of likely N-dealkylation sites (N-methyl/N-ethyl adjacent to an activating group) is 1. The Kier molecular flexibility index (Phi) is 6.17. The second-order valence-electron chi connectivity index (χ2n) is 9.10. The molecule has 2 aromatic carbocycles. The van der Waals surface area contributed by atoms with Crippen molar-refractivity contribution in [3.05, 3.63) is 71.8 Å². The molecule has 2 aliphatic rings. The molecule has 6 nitrogen and oxygen atoms in total. The molecule has 32 heavy (non-hydrogen) atoms. The summed E-state index contributed by atoms with van der Waals surface area (Å²) in [6.07, 6.45) is 0.637. The van der Waals surface area contributed by atoms with E-state index < -0.39 is 0 Å². The maximum absolute atomic E-state index is 13.0. The van der Waals surface area contributed by atoms with Gasteiger partial charge in [0.2, 0.25) is 0 Å². The van der Waals surface area contributed by atoms with E-state index in [4.69, 9.17) is 4.84 Å². The van der Waals surface area contributed by atoms with Crippen LogP contribution in [0.2, 0.25) is 0 Å². The number of carbonyl (C=O) groups excluding carboxylic acids is 2. The molecule has 168 valence electrons. The van der Waals surface area contributed by atoms with Gasteiger partial charge in [0.25, 0.3) is 0 Å². The van der Waals surface area contributed by atoms with Crippen molar-refractivity contribution in [2.24, 2.45) is 0 Å². The molecule has 0 bridgehead atoms. The van der Waals surface area contributed by atoms with Crippen LogP contribution in [0.25, 0.3) is 0 Å². The van der Waals surface area contributed by atoms with Crippen LogP contribution in [0.5, 0.6) is 5.75 Å². The molecule has 1 amide bonds. The van der Waals surface area contributed by atoms with Crippen molar-refractivity contribution in [3.63, 3.8) is 0 Å². The number of ketones is 1. The molecule has 0 saturated carbocycles. The number of nitrogens with zero attached hydrogens (tertiary/aromatic N) is 3. The molecule has 2 heterocycles. The molecule has 2 aliphatic heterocycles. The normalized spacial score (nSPS) is 20.4. The highest BCUT2D eigenvalue weighted by atomic mass is 16.7. The van der Waals surface area contributed by atoms with Gasteiger partial charge in [-0.05, 0) is 37.1 Å². The van der Waals surface area contributed by atoms with Crippen molar-refractivity contribution in [3.8, 4) is 5.75 Å². The number of benzene rings is 2. The van der Waals surface area contributed by atoms with Crippen molar-refractivity contribution < 1.29 is 19.1 Å². The Morgan fingerprint density at radius 3 is 2.47 bits per heavy atom. The number of Topliss-reactive ketones (excluding diaryl/α,β-unsaturated/α-hetero) is 1. The molecule has 0 aromatic heterocycles. The summed E-state index contributed by atoms with van der Waals surface area (Å²) in [4.78, 5) is 36.1. The number of hydroxylamine groups is 3. The van der Waals surface area contributed by atoms with Crippen molar-refractivity contribution >= 4 is 17.4 Å². The van der Waals surface area contributed by atoms with Gasteiger partial charge in [-0.3, -0.25) is 9.69 Å². The van der Waals surface area contributed by atoms with Gasteiger partial charge in [-0.1, -0.05) is 41.6 Å². The standard InChI is InChI=1S/C26H32N3O3/c1-19(12-13-27-14-16-28(17-15-27)22-8-6-5-7-9-22)25(30)21-10-11-23-20(2)26(31)29(3,4)32-24(23)18-21/h5-11,18,20H,1,12-17H2,2-4H3/q+1. The predicted molar refractivity (Wildman–Crippen MR) is 126 cm³/mol. The molecule has 0 aliphatic carbocycles. The van der Waals surface area contributed by atoms with Crippen molar-refractivity contribution in [1.82, 2.24) is 4.90 Å². The summed E-state index contributed by atoms with van der Waals surface area (Å²) in [6, 6.07) is 15.8. The number of anilines is 1. The van der Waals surface area contributed by atoms with Gasteiger partial charge in [-0.25, -0.2) is 4.79 Å². The number of para-hydroxylation sites is 1. The fraction of sp³-hybridized carbons (Fsp3) is 0.385. The van der Waals surface area contributed by atoms with Crippen LogP contribution in [0.3, 0.4) is 0 Å². The highest BCUT2D eigenvalue weighted by molar-refractivity contribution is 6.08. The van der Waals surface area contributed by atoms with Crippen molar-refractivity contribution in [1.29, 1.82) is 0 Å². The summed E-state index contributed by atoms with van der Waals surface area (Å²) < 4.78 is -0.179. The highest BCUT2D eigenvalue weighted by Gasteiger charge is 2.42. The zero-order valence-electron chi connectivity index (χ0n) is 19.2. The van der Waals surface area contributed by atoms with Gasteiger partial charge in [-0.2, -0.15) is 0 Å². The Labute approximate surface area is 190 Å². The summed E-state index contributed by atoms with van der Waals surface area (Å²) in [7, 11) is 3.43. The van der Waals surface area contributed by atoms with Crippen LogP contribution in [0, 0.1) is 0 Å². The molecule has 1 unspecified atom stereocenters. The number of amides is 1. The SMILES string of the molecule is C=C(CCN1CCN(c2ccccc2)CC1)C(=O)c1ccc2c(c1)O[N+](C)(C)C(=O)C2C. The topological polar surface area (TPSA) is 49.9 Å². The van der Waals surface area contributed by atoms with E-state index in [0.717, 1.165) is 38.3 Å². The number of quaternary nitrogens is 1. The first kappa shape index (κ1) is 22.2. The van der Waals surface area contributed by atoms with Gasteiger partial charge in [0.05, 0.1) is 0 Å². The Morgan fingerprint density at radius 2 is 1.78 bits per heavy atom. The zero-order valence-corrected chi connectivity index (χ0v) is 19.2. The quantitative estimate of drug-likeness (QED) is 0.395. The molecule has 6 heteroatoms. The number of fused-ring (bicyclic) bond motifs is 1. The molecule has 1 saturated heterocycles. The Morgan fingerprint density at radius 1 is 1.09 bits per heavy atom. The lowest BCUT2D eigenvalue weighted by molar-refractivity contribution is -0.984. The fourth-order valence-electron chi connectivity index (χ4n) is 4.48. The third kappa shape index (κ3) is 4.47. The van der Waals surface area contributed by atoms with E-state index in [1.165, 1.54) is 5.69 Å². The van der Waals surface area contributed by atoms with Gasteiger partial charge in [0, 0.05) is 49.5 Å². The first-order chi connectivity index (χ1) is 15.3. The lowest BCUT2D eigenvalue weighted by Gasteiger charge is -2.36. The molecule has 0 spiro atoms. The lowest BCUT2D eigenvalue weighted by Crippen LogP contribution is -2.53. The minimum Gasteiger partial charge on any atom is -0.369 e. The maximum Gasteiger partial charge on any atom is 0.361 e. The van der Waals surface area contributed by atoms with Crippen LogP contribution in [-0.4, -0.2) is 68.1 Å². The predicted octanol–water partition coefficient (Wildman–Crippen LogP) is 3.65. The average molecular weight is 435 g/mol. The Hall–Kier alpha value is -2.96. The number of carbonyl (C=O) groups is 2. The van der Waals surface area contributed by atoms with Gasteiger partial charge in [-0.15, -0.1) is 0 Å². The van der Waals surface area contributed by atoms with Gasteiger partial charge in [0.1, 0.15) is 20.0 Å². The second kappa shape index (κ2) is 8.88. The average Bonchev–Trinajstić information content (AvgIpc) is 2.81. The number of rotatable bonds is 6. The van der Waals surface area contributed by atoms with Crippen molar-refractivity contribution in [2.45, 2.75) is 19.3 Å². The van der Waals surface area contributed by atoms with Crippen LogP contribution >= 0.6 is 0 Å². The molecule has 4 rings (SSSR count). The van der Waals surface area contributed by atoms with Crippen LogP contribution in [0.15, 0.2) is 60.7 Å². The van der Waals surface area contributed by atoms with E-state index in [0.29, 0.717) is 23.3 Å².